The van der Waals surface area contributed by atoms with Crippen LogP contribution in [0.2, 0.25) is 5.02 Å². The monoisotopic (exact) mass is 494 g/mol. The van der Waals surface area contributed by atoms with Crippen molar-refractivity contribution in [3.8, 4) is 0 Å². The Bertz CT molecular complexity index is 536. The highest BCUT2D eigenvalue weighted by Gasteiger charge is 2.18. The van der Waals surface area contributed by atoms with Gasteiger partial charge in [-0.25, -0.2) is 0 Å². The van der Waals surface area contributed by atoms with E-state index < -0.39 is 0 Å². The van der Waals surface area contributed by atoms with Gasteiger partial charge >= 0.3 is 0 Å². The summed E-state index contributed by atoms with van der Waals surface area (Å²) in [5.41, 5.74) is 1.16. The van der Waals surface area contributed by atoms with E-state index in [0.29, 0.717) is 5.92 Å². The van der Waals surface area contributed by atoms with Gasteiger partial charge in [-0.1, -0.05) is 29.8 Å². The van der Waals surface area contributed by atoms with Crippen LogP contribution in [0.3, 0.4) is 0 Å². The lowest BCUT2D eigenvalue weighted by Crippen LogP contribution is -2.43. The summed E-state index contributed by atoms with van der Waals surface area (Å²) < 4.78 is 5.16. The molecule has 0 bridgehead atoms. The molecular formula is C19H32ClIN4O. The van der Waals surface area contributed by atoms with E-state index in [-0.39, 0.29) is 24.0 Å². The van der Waals surface area contributed by atoms with Crippen molar-refractivity contribution in [2.24, 2.45) is 10.9 Å². The lowest BCUT2D eigenvalue weighted by atomic mass is 9.97. The van der Waals surface area contributed by atoms with Gasteiger partial charge < -0.3 is 20.3 Å². The quantitative estimate of drug-likeness (QED) is 0.331. The minimum atomic E-state index is 0. The van der Waals surface area contributed by atoms with Crippen LogP contribution in [0.4, 0.5) is 0 Å². The lowest BCUT2D eigenvalue weighted by Gasteiger charge is -2.32. The molecule has 2 rings (SSSR count). The highest BCUT2D eigenvalue weighted by Crippen LogP contribution is 2.16. The zero-order valence-corrected chi connectivity index (χ0v) is 18.9. The average Bonchev–Trinajstić information content (AvgIpc) is 2.65. The molecule has 1 aliphatic heterocycles. The number of nitrogens with one attached hydrogen (secondary N) is 2. The van der Waals surface area contributed by atoms with Crippen molar-refractivity contribution in [2.75, 3.05) is 53.5 Å². The normalized spacial score (nSPS) is 16.2. The summed E-state index contributed by atoms with van der Waals surface area (Å²) >= 11 is 6.19. The van der Waals surface area contributed by atoms with Gasteiger partial charge in [0.25, 0.3) is 0 Å². The van der Waals surface area contributed by atoms with Crippen LogP contribution in [0.25, 0.3) is 0 Å². The minimum Gasteiger partial charge on any atom is -0.383 e. The van der Waals surface area contributed by atoms with Crippen molar-refractivity contribution in [3.05, 3.63) is 34.9 Å². The van der Waals surface area contributed by atoms with Crippen molar-refractivity contribution in [3.63, 3.8) is 0 Å². The van der Waals surface area contributed by atoms with Crippen LogP contribution in [0.1, 0.15) is 18.4 Å². The van der Waals surface area contributed by atoms with E-state index in [9.17, 15) is 0 Å². The summed E-state index contributed by atoms with van der Waals surface area (Å²) in [4.78, 5) is 6.80. The number of ether oxygens (including phenoxy) is 1. The summed E-state index contributed by atoms with van der Waals surface area (Å²) in [7, 11) is 3.58. The summed E-state index contributed by atoms with van der Waals surface area (Å²) in [5.74, 6) is 1.58. The molecule has 0 saturated carbocycles. The Hall–Kier alpha value is -0.570. The maximum Gasteiger partial charge on any atom is 0.190 e. The van der Waals surface area contributed by atoms with E-state index >= 15 is 0 Å². The molecule has 2 N–H and O–H groups in total. The van der Waals surface area contributed by atoms with Gasteiger partial charge in [-0.2, -0.15) is 0 Å². The smallest absolute Gasteiger partial charge is 0.190 e. The Labute approximate surface area is 179 Å². The van der Waals surface area contributed by atoms with Gasteiger partial charge in [0.1, 0.15) is 0 Å². The number of aliphatic imine (C=N–C) groups is 1. The first-order valence-corrected chi connectivity index (χ1v) is 9.50. The minimum absolute atomic E-state index is 0. The van der Waals surface area contributed by atoms with Gasteiger partial charge in [-0.05, 0) is 49.9 Å². The molecular weight excluding hydrogens is 463 g/mol. The summed E-state index contributed by atoms with van der Waals surface area (Å²) in [6.45, 7) is 5.98. The maximum absolute atomic E-state index is 6.19. The van der Waals surface area contributed by atoms with Gasteiger partial charge in [-0.3, -0.25) is 4.99 Å². The van der Waals surface area contributed by atoms with Gasteiger partial charge in [0.15, 0.2) is 5.96 Å². The molecule has 26 heavy (non-hydrogen) atoms. The molecule has 1 aromatic rings. The van der Waals surface area contributed by atoms with Crippen molar-refractivity contribution in [1.82, 2.24) is 15.5 Å². The predicted molar refractivity (Wildman–Crippen MR) is 121 cm³/mol. The van der Waals surface area contributed by atoms with Crippen LogP contribution < -0.4 is 10.6 Å². The van der Waals surface area contributed by atoms with E-state index in [1.165, 1.54) is 12.8 Å². The molecule has 7 heteroatoms. The Morgan fingerprint density at radius 2 is 2.00 bits per heavy atom. The van der Waals surface area contributed by atoms with Gasteiger partial charge in [0.2, 0.25) is 0 Å². The van der Waals surface area contributed by atoms with E-state index in [2.05, 4.69) is 26.6 Å². The van der Waals surface area contributed by atoms with E-state index in [0.717, 1.165) is 62.3 Å². The number of nitrogens with zero attached hydrogens (tertiary/aromatic N) is 2. The molecule has 0 radical (unpaired) electrons. The SMILES string of the molecule is CN=C(NCCc1ccccc1Cl)NCC1CCN(CCOC)CC1.I. The third-order valence-corrected chi connectivity index (χ3v) is 5.11. The highest BCUT2D eigenvalue weighted by atomic mass is 127. The molecule has 0 unspecified atom stereocenters. The van der Waals surface area contributed by atoms with Gasteiger partial charge in [0, 0.05) is 38.8 Å². The Morgan fingerprint density at radius 3 is 2.65 bits per heavy atom. The molecule has 0 amide bonds. The number of piperidine rings is 1. The molecule has 0 atom stereocenters. The molecule has 0 aliphatic carbocycles. The summed E-state index contributed by atoms with van der Waals surface area (Å²) in [5, 5.41) is 7.66. The predicted octanol–water partition coefficient (Wildman–Crippen LogP) is 3.02. The number of halogens is 2. The lowest BCUT2D eigenvalue weighted by molar-refractivity contribution is 0.121. The highest BCUT2D eigenvalue weighted by molar-refractivity contribution is 14.0. The first-order chi connectivity index (χ1) is 12.2. The second kappa shape index (κ2) is 13.6. The largest absolute Gasteiger partial charge is 0.383 e. The topological polar surface area (TPSA) is 48.9 Å². The molecule has 5 nitrogen and oxygen atoms in total. The van der Waals surface area contributed by atoms with Crippen LogP contribution in [0.5, 0.6) is 0 Å². The fourth-order valence-electron chi connectivity index (χ4n) is 3.11. The van der Waals surface area contributed by atoms with Crippen LogP contribution in [-0.4, -0.2) is 64.3 Å². The van der Waals surface area contributed by atoms with Crippen LogP contribution in [0.15, 0.2) is 29.3 Å². The molecule has 1 fully saturated rings. The fraction of sp³-hybridized carbons (Fsp3) is 0.632. The second-order valence-corrected chi connectivity index (χ2v) is 6.91. The zero-order valence-electron chi connectivity index (χ0n) is 15.8. The molecule has 1 saturated heterocycles. The van der Waals surface area contributed by atoms with Crippen LogP contribution in [0, 0.1) is 5.92 Å². The van der Waals surface area contributed by atoms with Crippen LogP contribution in [-0.2, 0) is 11.2 Å². The third kappa shape index (κ3) is 8.41. The first-order valence-electron chi connectivity index (χ1n) is 9.12. The molecule has 0 spiro atoms. The van der Waals surface area contributed by atoms with Crippen molar-refractivity contribution in [2.45, 2.75) is 19.3 Å². The Morgan fingerprint density at radius 1 is 1.27 bits per heavy atom. The van der Waals surface area contributed by atoms with Gasteiger partial charge in [-0.15, -0.1) is 24.0 Å². The van der Waals surface area contributed by atoms with Crippen molar-refractivity contribution >= 4 is 41.5 Å². The second-order valence-electron chi connectivity index (χ2n) is 6.50. The van der Waals surface area contributed by atoms with Crippen molar-refractivity contribution in [1.29, 1.82) is 0 Å². The number of rotatable bonds is 8. The molecule has 0 aromatic heterocycles. The number of likely N-dealkylation sites (tertiary alicyclic amines) is 1. The number of guanidine groups is 1. The molecule has 1 aromatic carbocycles. The number of hydrogen-bond donors (Lipinski definition) is 2. The molecule has 148 valence electrons. The van der Waals surface area contributed by atoms with Crippen LogP contribution >= 0.6 is 35.6 Å². The first kappa shape index (κ1) is 23.5. The van der Waals surface area contributed by atoms with Gasteiger partial charge in [0.05, 0.1) is 6.61 Å². The van der Waals surface area contributed by atoms with E-state index in [4.69, 9.17) is 16.3 Å². The number of benzene rings is 1. The zero-order chi connectivity index (χ0) is 17.9. The number of hydrogen-bond acceptors (Lipinski definition) is 3. The molecule has 1 aliphatic rings. The number of methoxy groups -OCH3 is 1. The summed E-state index contributed by atoms with van der Waals surface area (Å²) in [6.07, 6.45) is 3.35. The van der Waals surface area contributed by atoms with Crippen molar-refractivity contribution < 1.29 is 4.74 Å². The Balaban J connectivity index is 0.00000338. The van der Waals surface area contributed by atoms with E-state index in [1.54, 1.807) is 7.11 Å². The molecule has 1 heterocycles. The summed E-state index contributed by atoms with van der Waals surface area (Å²) in [6, 6.07) is 7.98. The Kier molecular flexibility index (Phi) is 12.3. The van der Waals surface area contributed by atoms with E-state index in [1.807, 2.05) is 25.2 Å². The average molecular weight is 495 g/mol. The fourth-order valence-corrected chi connectivity index (χ4v) is 3.34. The maximum atomic E-state index is 6.19. The standard InChI is InChI=1S/C19H31ClN4O.HI/c1-21-19(22-10-7-17-5-3-4-6-18(17)20)23-15-16-8-11-24(12-9-16)13-14-25-2;/h3-6,16H,7-15H2,1-2H3,(H2,21,22,23);1H. The third-order valence-electron chi connectivity index (χ3n) is 4.75.